The molecule has 0 aliphatic carbocycles. The van der Waals surface area contributed by atoms with Gasteiger partial charge in [-0.25, -0.2) is 0 Å². The average molecular weight is 552 g/mol. The van der Waals surface area contributed by atoms with Crippen LogP contribution in [-0.2, 0) is 27.3 Å². The predicted molar refractivity (Wildman–Crippen MR) is 161 cm³/mol. The van der Waals surface area contributed by atoms with Crippen molar-refractivity contribution in [2.75, 3.05) is 11.9 Å². The van der Waals surface area contributed by atoms with Gasteiger partial charge in [0.05, 0.1) is 34.4 Å². The van der Waals surface area contributed by atoms with Crippen molar-refractivity contribution in [3.8, 4) is 11.8 Å². The Bertz CT molecular complexity index is 1670. The molecule has 3 aromatic carbocycles. The maximum Gasteiger partial charge on any atom is 0.233 e. The number of aryl methyl sites for hydroxylation is 2. The zero-order valence-electron chi connectivity index (χ0n) is 24.2. The maximum absolute atomic E-state index is 14.2. The molecule has 0 spiro atoms. The number of nitriles is 1. The Labute approximate surface area is 240 Å². The largest absolute Gasteiger partial charge is 0.508 e. The number of carbonyl (C=O) groups is 2. The van der Waals surface area contributed by atoms with Crippen molar-refractivity contribution < 1.29 is 19.4 Å². The number of aromatic hydroxyl groups is 1. The third kappa shape index (κ3) is 4.47. The summed E-state index contributed by atoms with van der Waals surface area (Å²) in [7, 11) is 1.85. The minimum absolute atomic E-state index is 0.0624. The molecule has 0 saturated carbocycles. The molecule has 41 heavy (non-hydrogen) atoms. The molecule has 2 aliphatic heterocycles. The second-order valence-electron chi connectivity index (χ2n) is 11.6. The lowest BCUT2D eigenvalue weighted by Gasteiger charge is -2.37. The van der Waals surface area contributed by atoms with E-state index in [2.05, 4.69) is 37.6 Å². The molecule has 212 valence electrons. The first kappa shape index (κ1) is 28.4. The molecule has 2 saturated heterocycles. The number of carbonyl (C=O) groups excluding carboxylic acids is 2. The van der Waals surface area contributed by atoms with E-state index in [1.54, 1.807) is 17.0 Å². The molecule has 7 nitrogen and oxygen atoms in total. The minimum atomic E-state index is -0.508. The highest BCUT2D eigenvalue weighted by Gasteiger charge is 2.65. The van der Waals surface area contributed by atoms with Crippen LogP contribution in [0.15, 0.2) is 60.8 Å². The maximum atomic E-state index is 14.2. The first-order valence-corrected chi connectivity index (χ1v) is 14.2. The van der Waals surface area contributed by atoms with Crippen molar-refractivity contribution in [3.05, 3.63) is 71.9 Å². The topological polar surface area (TPSA) is 95.6 Å². The monoisotopic (exact) mass is 551 g/mol. The molecule has 1 N–H and O–H groups in total. The Morgan fingerprint density at radius 3 is 2.59 bits per heavy atom. The molecular formula is C34H37N3O4. The van der Waals surface area contributed by atoms with E-state index in [4.69, 9.17) is 9.53 Å². The van der Waals surface area contributed by atoms with Gasteiger partial charge in [-0.15, -0.1) is 0 Å². The zero-order chi connectivity index (χ0) is 29.5. The van der Waals surface area contributed by atoms with Gasteiger partial charge in [0.1, 0.15) is 12.5 Å². The molecule has 4 atom stereocenters. The van der Waals surface area contributed by atoms with Crippen molar-refractivity contribution in [1.29, 1.82) is 5.26 Å². The molecule has 1 amide bonds. The third-order valence-electron chi connectivity index (χ3n) is 9.55. The van der Waals surface area contributed by atoms with Crippen molar-refractivity contribution in [2.45, 2.75) is 64.2 Å². The Balaban J connectivity index is 0.00000165. The highest BCUT2D eigenvalue weighted by Crippen LogP contribution is 2.59. The number of rotatable bonds is 6. The van der Waals surface area contributed by atoms with Gasteiger partial charge in [0, 0.05) is 41.5 Å². The third-order valence-corrected chi connectivity index (χ3v) is 9.55. The zero-order valence-corrected chi connectivity index (χ0v) is 24.2. The van der Waals surface area contributed by atoms with Crippen LogP contribution >= 0.6 is 0 Å². The second-order valence-corrected chi connectivity index (χ2v) is 11.6. The van der Waals surface area contributed by atoms with Crippen LogP contribution in [0.4, 0.5) is 5.69 Å². The summed E-state index contributed by atoms with van der Waals surface area (Å²) < 4.78 is 9.12. The Kier molecular flexibility index (Phi) is 7.39. The van der Waals surface area contributed by atoms with Crippen LogP contribution in [0.2, 0.25) is 0 Å². The lowest BCUT2D eigenvalue weighted by Crippen LogP contribution is -2.48. The number of amides is 1. The van der Waals surface area contributed by atoms with E-state index < -0.39 is 5.60 Å². The van der Waals surface area contributed by atoms with Crippen molar-refractivity contribution >= 4 is 40.1 Å². The van der Waals surface area contributed by atoms with E-state index in [1.807, 2.05) is 56.3 Å². The number of ether oxygens (including phenoxy) is 1. The smallest absolute Gasteiger partial charge is 0.233 e. The van der Waals surface area contributed by atoms with Gasteiger partial charge in [0.15, 0.2) is 0 Å². The van der Waals surface area contributed by atoms with E-state index in [1.165, 1.54) is 5.56 Å². The lowest BCUT2D eigenvalue weighted by molar-refractivity contribution is -0.127. The van der Waals surface area contributed by atoms with Crippen molar-refractivity contribution in [3.63, 3.8) is 0 Å². The first-order chi connectivity index (χ1) is 19.7. The normalized spacial score (nSPS) is 24.7. The van der Waals surface area contributed by atoms with Crippen molar-refractivity contribution in [1.82, 2.24) is 4.57 Å². The second kappa shape index (κ2) is 10.7. The summed E-state index contributed by atoms with van der Waals surface area (Å²) >= 11 is 0. The molecule has 2 aliphatic rings. The number of hydrogen-bond acceptors (Lipinski definition) is 5. The summed E-state index contributed by atoms with van der Waals surface area (Å²) in [6.45, 7) is 9.21. The number of anilines is 1. The SMILES string of the molecule is C=O.CCc1cn(CC[C@@]23CC[C@@](C)(O2)[C@@H](C(=O)N(C)c2ccc(C#N)c4ccccc24)[C@H]3C)c2ccc(O)cc12. The molecule has 7 heteroatoms. The number of benzene rings is 3. The molecule has 1 aromatic heterocycles. The van der Waals surface area contributed by atoms with E-state index in [0.717, 1.165) is 59.6 Å². The molecular weight excluding hydrogens is 514 g/mol. The summed E-state index contributed by atoms with van der Waals surface area (Å²) in [4.78, 5) is 23.9. The van der Waals surface area contributed by atoms with Crippen molar-refractivity contribution in [2.24, 2.45) is 11.8 Å². The highest BCUT2D eigenvalue weighted by molar-refractivity contribution is 6.06. The minimum Gasteiger partial charge on any atom is -0.508 e. The van der Waals surface area contributed by atoms with Crippen LogP contribution < -0.4 is 4.90 Å². The van der Waals surface area contributed by atoms with E-state index in [0.29, 0.717) is 5.56 Å². The molecule has 2 fully saturated rings. The quantitative estimate of drug-likeness (QED) is 0.300. The van der Waals surface area contributed by atoms with Crippen LogP contribution in [0.3, 0.4) is 0 Å². The van der Waals surface area contributed by atoms with Gasteiger partial charge < -0.3 is 24.1 Å². The summed E-state index contributed by atoms with van der Waals surface area (Å²) in [6, 6.07) is 19.3. The highest BCUT2D eigenvalue weighted by atomic mass is 16.5. The predicted octanol–water partition coefficient (Wildman–Crippen LogP) is 6.38. The number of nitrogens with zero attached hydrogens (tertiary/aromatic N) is 3. The van der Waals surface area contributed by atoms with Gasteiger partial charge in [-0.3, -0.25) is 4.79 Å². The molecule has 4 aromatic rings. The average Bonchev–Trinajstić information content (AvgIpc) is 3.60. The van der Waals surface area contributed by atoms with Crippen LogP contribution in [-0.4, -0.2) is 40.6 Å². The molecule has 6 rings (SSSR count). The molecule has 0 radical (unpaired) electrons. The van der Waals surface area contributed by atoms with E-state index in [-0.39, 0.29) is 29.1 Å². The summed E-state index contributed by atoms with van der Waals surface area (Å²) in [6.07, 6.45) is 5.72. The van der Waals surface area contributed by atoms with Gasteiger partial charge in [0.2, 0.25) is 5.91 Å². The number of aromatic nitrogens is 1. The van der Waals surface area contributed by atoms with Gasteiger partial charge in [-0.1, -0.05) is 38.1 Å². The Morgan fingerprint density at radius 2 is 1.88 bits per heavy atom. The van der Waals surface area contributed by atoms with Crippen LogP contribution in [0, 0.1) is 23.2 Å². The molecule has 2 bridgehead atoms. The fraction of sp³-hybridized carbons (Fsp3) is 0.382. The fourth-order valence-electron chi connectivity index (χ4n) is 7.41. The Morgan fingerprint density at radius 1 is 1.15 bits per heavy atom. The summed E-state index contributed by atoms with van der Waals surface area (Å²) in [5.74, 6) is 0.160. The Hall–Kier alpha value is -4.15. The lowest BCUT2D eigenvalue weighted by atomic mass is 9.66. The number of hydrogen-bond donors (Lipinski definition) is 1. The molecule has 3 heterocycles. The van der Waals surface area contributed by atoms with E-state index >= 15 is 0 Å². The van der Waals surface area contributed by atoms with Gasteiger partial charge in [0.25, 0.3) is 0 Å². The van der Waals surface area contributed by atoms with Gasteiger partial charge >= 0.3 is 0 Å². The van der Waals surface area contributed by atoms with Crippen LogP contribution in [0.5, 0.6) is 5.75 Å². The number of phenols is 1. The first-order valence-electron chi connectivity index (χ1n) is 14.2. The van der Waals surface area contributed by atoms with Crippen LogP contribution in [0.25, 0.3) is 21.7 Å². The summed E-state index contributed by atoms with van der Waals surface area (Å²) in [5.41, 5.74) is 2.90. The number of phenolic OH excluding ortho intramolecular Hbond substituents is 1. The fourth-order valence-corrected chi connectivity index (χ4v) is 7.41. The number of fused-ring (bicyclic) bond motifs is 4. The van der Waals surface area contributed by atoms with E-state index in [9.17, 15) is 15.2 Å². The van der Waals surface area contributed by atoms with Gasteiger partial charge in [-0.05, 0) is 74.4 Å². The van der Waals surface area contributed by atoms with Crippen LogP contribution in [0.1, 0.15) is 51.2 Å². The standard InChI is InChI=1S/C33H35N3O3.CH2O/c1-5-22-20-36(29-13-11-24(37)18-27(22)29)17-16-33-15-14-32(3,39-33)30(21(33)2)31(38)35(4)28-12-10-23(19-34)25-8-6-7-9-26(25)28;1-2/h6-13,18,20-21,30,37H,5,14-17H2,1-4H3;1H2/t21-,30-,32-,33-;/m1./s1. The summed E-state index contributed by atoms with van der Waals surface area (Å²) in [5, 5.41) is 22.5. The molecule has 0 unspecified atom stereocenters. The van der Waals surface area contributed by atoms with Gasteiger partial charge in [-0.2, -0.15) is 5.26 Å².